The van der Waals surface area contributed by atoms with Crippen LogP contribution in [0.3, 0.4) is 0 Å². The van der Waals surface area contributed by atoms with Gasteiger partial charge in [-0.25, -0.2) is 14.4 Å². The Morgan fingerprint density at radius 3 is 1.33 bits per heavy atom. The molecule has 0 bridgehead atoms. The van der Waals surface area contributed by atoms with Gasteiger partial charge in [0, 0.05) is 0 Å². The van der Waals surface area contributed by atoms with Crippen LogP contribution in [0, 0.1) is 0 Å². The Balaban J connectivity index is 3.08. The van der Waals surface area contributed by atoms with Crippen LogP contribution < -0.4 is 0 Å². The lowest BCUT2D eigenvalue weighted by molar-refractivity contribution is 0.0647. The molecule has 0 aromatic heterocycles. The van der Waals surface area contributed by atoms with Crippen molar-refractivity contribution in [3.8, 4) is 0 Å². The number of carboxylic acids is 3. The Kier molecular flexibility index (Phi) is 14.1. The smallest absolute Gasteiger partial charge is 0.336 e. The first-order chi connectivity index (χ1) is 15.8. The van der Waals surface area contributed by atoms with Crippen LogP contribution in [0.15, 0.2) is 6.07 Å². The molecule has 6 nitrogen and oxygen atoms in total. The molecule has 0 saturated heterocycles. The molecule has 1 rings (SSSR count). The highest BCUT2D eigenvalue weighted by atomic mass is 16.4. The first-order valence-corrected chi connectivity index (χ1v) is 12.7. The zero-order valence-corrected chi connectivity index (χ0v) is 20.5. The van der Waals surface area contributed by atoms with Gasteiger partial charge < -0.3 is 15.3 Å². The van der Waals surface area contributed by atoms with Crippen LogP contribution >= 0.6 is 0 Å². The molecule has 6 heteroatoms. The summed E-state index contributed by atoms with van der Waals surface area (Å²) in [5, 5.41) is 29.2. The van der Waals surface area contributed by atoms with Gasteiger partial charge in [-0.15, -0.1) is 0 Å². The van der Waals surface area contributed by atoms with Crippen molar-refractivity contribution in [1.82, 2.24) is 0 Å². The van der Waals surface area contributed by atoms with E-state index in [1.807, 2.05) is 0 Å². The van der Waals surface area contributed by atoms with Crippen LogP contribution in [0.1, 0.15) is 146 Å². The minimum Gasteiger partial charge on any atom is -0.478 e. The average molecular weight is 463 g/mol. The fourth-order valence-electron chi connectivity index (χ4n) is 4.46. The first kappa shape index (κ1) is 28.7. The largest absolute Gasteiger partial charge is 0.478 e. The Morgan fingerprint density at radius 1 is 0.545 bits per heavy atom. The summed E-state index contributed by atoms with van der Waals surface area (Å²) in [7, 11) is 0. The third-order valence-electron chi connectivity index (χ3n) is 6.28. The topological polar surface area (TPSA) is 112 Å². The van der Waals surface area contributed by atoms with Crippen molar-refractivity contribution in [2.45, 2.75) is 117 Å². The number of benzene rings is 1. The van der Waals surface area contributed by atoms with Gasteiger partial charge in [0.2, 0.25) is 0 Å². The van der Waals surface area contributed by atoms with E-state index in [2.05, 4.69) is 13.8 Å². The second-order valence-electron chi connectivity index (χ2n) is 8.96. The number of hydrogen-bond acceptors (Lipinski definition) is 3. The van der Waals surface area contributed by atoms with E-state index in [4.69, 9.17) is 0 Å². The lowest BCUT2D eigenvalue weighted by atomic mass is 9.85. The Hall–Kier alpha value is -2.37. The molecule has 0 atom stereocenters. The minimum atomic E-state index is -1.40. The summed E-state index contributed by atoms with van der Waals surface area (Å²) in [5.41, 5.74) is 0.167. The van der Waals surface area contributed by atoms with Gasteiger partial charge >= 0.3 is 17.9 Å². The Labute approximate surface area is 198 Å². The molecule has 33 heavy (non-hydrogen) atoms. The van der Waals surface area contributed by atoms with Gasteiger partial charge in [-0.1, -0.05) is 90.9 Å². The number of aromatic carboxylic acids is 3. The fourth-order valence-corrected chi connectivity index (χ4v) is 4.46. The lowest BCUT2D eigenvalue weighted by Gasteiger charge is -2.18. The van der Waals surface area contributed by atoms with E-state index in [-0.39, 0.29) is 11.1 Å². The molecule has 0 unspecified atom stereocenters. The molecule has 0 amide bonds. The van der Waals surface area contributed by atoms with Crippen molar-refractivity contribution in [1.29, 1.82) is 0 Å². The van der Waals surface area contributed by atoms with Crippen molar-refractivity contribution < 1.29 is 29.7 Å². The van der Waals surface area contributed by atoms with Gasteiger partial charge in [0.25, 0.3) is 0 Å². The van der Waals surface area contributed by atoms with Crippen molar-refractivity contribution in [3.05, 3.63) is 33.9 Å². The molecule has 186 valence electrons. The van der Waals surface area contributed by atoms with E-state index in [9.17, 15) is 29.7 Å². The minimum absolute atomic E-state index is 0.0690. The molecular weight excluding hydrogens is 420 g/mol. The predicted molar refractivity (Wildman–Crippen MR) is 131 cm³/mol. The molecule has 0 aliphatic rings. The van der Waals surface area contributed by atoms with Crippen LogP contribution in [0.25, 0.3) is 0 Å². The van der Waals surface area contributed by atoms with Crippen molar-refractivity contribution in [2.75, 3.05) is 0 Å². The molecular formula is C27H42O6. The highest BCUT2D eigenvalue weighted by Gasteiger charge is 2.27. The van der Waals surface area contributed by atoms with Crippen molar-refractivity contribution in [2.24, 2.45) is 0 Å². The molecule has 0 heterocycles. The lowest BCUT2D eigenvalue weighted by Crippen LogP contribution is -2.18. The molecule has 0 aliphatic carbocycles. The molecule has 0 spiro atoms. The van der Waals surface area contributed by atoms with Crippen LogP contribution in [-0.2, 0) is 12.8 Å². The quantitative estimate of drug-likeness (QED) is 0.185. The standard InChI is InChI=1S/C27H42O6/c1-3-5-7-9-11-12-14-16-18-21-20(17-15-13-10-8-6-4-2)22(25(28)29)19-23(26(30)31)24(21)27(32)33/h19H,3-18H2,1-2H3,(H,28,29)(H,30,31)(H,32,33). The molecule has 3 N–H and O–H groups in total. The SMILES string of the molecule is CCCCCCCCCCc1c(CCCCCCCC)c(C(=O)O)cc(C(=O)O)c1C(=O)O. The third-order valence-corrected chi connectivity index (χ3v) is 6.28. The normalized spacial score (nSPS) is 11.0. The van der Waals surface area contributed by atoms with E-state index in [0.717, 1.165) is 63.9 Å². The summed E-state index contributed by atoms with van der Waals surface area (Å²) in [5.74, 6) is -3.91. The van der Waals surface area contributed by atoms with Gasteiger partial charge in [-0.05, 0) is 42.9 Å². The number of unbranched alkanes of at least 4 members (excludes halogenated alkanes) is 12. The van der Waals surface area contributed by atoms with Crippen LogP contribution in [0.4, 0.5) is 0 Å². The maximum Gasteiger partial charge on any atom is 0.336 e. The highest BCUT2D eigenvalue weighted by Crippen LogP contribution is 2.28. The second kappa shape index (κ2) is 16.3. The van der Waals surface area contributed by atoms with Crippen LogP contribution in [0.2, 0.25) is 0 Å². The van der Waals surface area contributed by atoms with Crippen molar-refractivity contribution in [3.63, 3.8) is 0 Å². The van der Waals surface area contributed by atoms with Crippen molar-refractivity contribution >= 4 is 17.9 Å². The maximum absolute atomic E-state index is 12.1. The molecule has 0 aliphatic heterocycles. The van der Waals surface area contributed by atoms with Gasteiger partial charge in [0.1, 0.15) is 0 Å². The summed E-state index contributed by atoms with van der Waals surface area (Å²) in [6.07, 6.45) is 15.7. The summed E-state index contributed by atoms with van der Waals surface area (Å²) in [6, 6.07) is 1.04. The van der Waals surface area contributed by atoms with E-state index in [1.54, 1.807) is 0 Å². The fraction of sp³-hybridized carbons (Fsp3) is 0.667. The van der Waals surface area contributed by atoms with Crippen LogP contribution in [-0.4, -0.2) is 33.2 Å². The highest BCUT2D eigenvalue weighted by molar-refractivity contribution is 6.05. The second-order valence-corrected chi connectivity index (χ2v) is 8.96. The van der Waals surface area contributed by atoms with E-state index >= 15 is 0 Å². The molecule has 0 saturated carbocycles. The van der Waals surface area contributed by atoms with E-state index in [1.165, 1.54) is 32.1 Å². The molecule has 1 aromatic rings. The number of carbonyl (C=O) groups is 3. The van der Waals surface area contributed by atoms with Gasteiger partial charge in [-0.3, -0.25) is 0 Å². The Bertz CT molecular complexity index is 768. The number of rotatable bonds is 19. The van der Waals surface area contributed by atoms with Crippen LogP contribution in [0.5, 0.6) is 0 Å². The zero-order valence-electron chi connectivity index (χ0n) is 20.5. The van der Waals surface area contributed by atoms with Gasteiger partial charge in [0.15, 0.2) is 0 Å². The molecule has 0 radical (unpaired) electrons. The number of carboxylic acid groups (broad SMARTS) is 3. The summed E-state index contributed by atoms with van der Waals surface area (Å²) in [4.78, 5) is 35.8. The number of hydrogen-bond donors (Lipinski definition) is 3. The Morgan fingerprint density at radius 2 is 0.939 bits per heavy atom. The van der Waals surface area contributed by atoms with Gasteiger partial charge in [-0.2, -0.15) is 0 Å². The zero-order chi connectivity index (χ0) is 24.6. The van der Waals surface area contributed by atoms with E-state index < -0.39 is 23.5 Å². The predicted octanol–water partition coefficient (Wildman–Crippen LogP) is 7.37. The first-order valence-electron chi connectivity index (χ1n) is 12.7. The maximum atomic E-state index is 12.1. The molecule has 1 aromatic carbocycles. The third kappa shape index (κ3) is 9.97. The summed E-state index contributed by atoms with van der Waals surface area (Å²) in [6.45, 7) is 4.33. The summed E-state index contributed by atoms with van der Waals surface area (Å²) >= 11 is 0. The monoisotopic (exact) mass is 462 g/mol. The van der Waals surface area contributed by atoms with Gasteiger partial charge in [0.05, 0.1) is 16.7 Å². The average Bonchev–Trinajstić information content (AvgIpc) is 2.77. The van der Waals surface area contributed by atoms with E-state index in [0.29, 0.717) is 24.0 Å². The summed E-state index contributed by atoms with van der Waals surface area (Å²) < 4.78 is 0. The molecule has 0 fully saturated rings.